The summed E-state index contributed by atoms with van der Waals surface area (Å²) < 4.78 is 0. The molecule has 2 nitrogen and oxygen atoms in total. The number of Topliss-reactive ketones (excluding diaryl/α,β-unsaturated/α-hetero) is 1. The second-order valence-electron chi connectivity index (χ2n) is 7.42. The fourth-order valence-electron chi connectivity index (χ4n) is 2.81. The Bertz CT molecular complexity index is 472. The molecule has 1 unspecified atom stereocenters. The van der Waals surface area contributed by atoms with Crippen molar-refractivity contribution < 1.29 is 9.90 Å². The topological polar surface area (TPSA) is 37.3 Å². The lowest BCUT2D eigenvalue weighted by Crippen LogP contribution is -2.22. The first kappa shape index (κ1) is 18.9. The van der Waals surface area contributed by atoms with Crippen LogP contribution in [0.2, 0.25) is 0 Å². The number of aliphatic hydroxyl groups is 1. The highest BCUT2D eigenvalue weighted by Crippen LogP contribution is 2.25. The van der Waals surface area contributed by atoms with Crippen LogP contribution >= 0.6 is 0 Å². The predicted octanol–water partition coefficient (Wildman–Crippen LogP) is 5.14. The van der Waals surface area contributed by atoms with Gasteiger partial charge in [-0.3, -0.25) is 4.79 Å². The average Bonchev–Trinajstić information content (AvgIpc) is 2.35. The number of rotatable bonds is 1. The van der Waals surface area contributed by atoms with Crippen LogP contribution in [0.3, 0.4) is 0 Å². The third kappa shape index (κ3) is 7.22. The summed E-state index contributed by atoms with van der Waals surface area (Å²) in [6.45, 7) is 9.99. The van der Waals surface area contributed by atoms with Crippen molar-refractivity contribution in [2.45, 2.75) is 78.7 Å². The monoisotopic (exact) mass is 304 g/mol. The first-order chi connectivity index (χ1) is 10.2. The first-order valence-electron chi connectivity index (χ1n) is 8.45. The zero-order valence-electron chi connectivity index (χ0n) is 14.9. The minimum atomic E-state index is -0.798. The van der Waals surface area contributed by atoms with Crippen molar-refractivity contribution in [1.82, 2.24) is 0 Å². The summed E-state index contributed by atoms with van der Waals surface area (Å²) in [7, 11) is 0. The third-order valence-corrected chi connectivity index (χ3v) is 4.34. The van der Waals surface area contributed by atoms with Crippen molar-refractivity contribution in [3.63, 3.8) is 0 Å². The first-order valence-corrected chi connectivity index (χ1v) is 8.45. The molecule has 0 spiro atoms. The fourth-order valence-corrected chi connectivity index (χ4v) is 2.81. The molecule has 1 N–H and O–H groups in total. The molecule has 0 saturated carbocycles. The second kappa shape index (κ2) is 8.47. The molecule has 0 amide bonds. The van der Waals surface area contributed by atoms with Gasteiger partial charge < -0.3 is 5.11 Å². The van der Waals surface area contributed by atoms with Gasteiger partial charge in [0.05, 0.1) is 5.60 Å². The van der Waals surface area contributed by atoms with Gasteiger partial charge in [-0.1, -0.05) is 36.3 Å². The van der Waals surface area contributed by atoms with Crippen LogP contribution < -0.4 is 0 Å². The average molecular weight is 304 g/mol. The zero-order valence-corrected chi connectivity index (χ0v) is 14.9. The predicted molar refractivity (Wildman–Crippen MR) is 93.8 cm³/mol. The van der Waals surface area contributed by atoms with E-state index in [1.165, 1.54) is 11.1 Å². The molecule has 0 aromatic heterocycles. The van der Waals surface area contributed by atoms with Crippen molar-refractivity contribution >= 4 is 5.78 Å². The van der Waals surface area contributed by atoms with E-state index in [0.29, 0.717) is 24.5 Å². The van der Waals surface area contributed by atoms with Gasteiger partial charge in [-0.05, 0) is 64.9 Å². The Morgan fingerprint density at radius 1 is 1.14 bits per heavy atom. The molecule has 22 heavy (non-hydrogen) atoms. The Balaban J connectivity index is 2.97. The molecule has 0 bridgehead atoms. The molecule has 1 atom stereocenters. The summed E-state index contributed by atoms with van der Waals surface area (Å²) in [6.07, 6.45) is 11.4. The Morgan fingerprint density at radius 3 is 2.45 bits per heavy atom. The van der Waals surface area contributed by atoms with Crippen molar-refractivity contribution in [2.24, 2.45) is 5.92 Å². The maximum atomic E-state index is 12.1. The SMILES string of the molecule is C/C1=C\C=C(\C(C)(C)O)CCC(C)CC(=O)C/C(C)=C/CC1. The van der Waals surface area contributed by atoms with E-state index in [1.807, 2.05) is 13.8 Å². The van der Waals surface area contributed by atoms with E-state index in [0.717, 1.165) is 31.3 Å². The van der Waals surface area contributed by atoms with Crippen LogP contribution in [0.1, 0.15) is 73.1 Å². The smallest absolute Gasteiger partial charge is 0.137 e. The minimum absolute atomic E-state index is 0.333. The van der Waals surface area contributed by atoms with Gasteiger partial charge in [0.15, 0.2) is 0 Å². The lowest BCUT2D eigenvalue weighted by atomic mass is 9.88. The molecule has 1 aliphatic carbocycles. The summed E-state index contributed by atoms with van der Waals surface area (Å²) in [5, 5.41) is 10.3. The summed E-state index contributed by atoms with van der Waals surface area (Å²) in [4.78, 5) is 12.1. The van der Waals surface area contributed by atoms with E-state index in [1.54, 1.807) is 0 Å². The van der Waals surface area contributed by atoms with Gasteiger partial charge in [0.25, 0.3) is 0 Å². The number of ketones is 1. The van der Waals surface area contributed by atoms with Crippen LogP contribution in [0, 0.1) is 5.92 Å². The Labute approximate surface area is 136 Å². The quantitative estimate of drug-likeness (QED) is 0.681. The standard InChI is InChI=1S/C20H32O2/c1-15-7-6-8-16(2)13-19(21)14-17(3)10-12-18(11-9-15)20(4,5)22/h8-9,11,17,22H,6-7,10,12-14H2,1-5H3/b15-9+,16-8+,18-11+. The van der Waals surface area contributed by atoms with Gasteiger partial charge in [-0.15, -0.1) is 0 Å². The van der Waals surface area contributed by atoms with Crippen LogP contribution in [0.25, 0.3) is 0 Å². The zero-order chi connectivity index (χ0) is 16.8. The molecule has 2 heteroatoms. The Morgan fingerprint density at radius 2 is 1.82 bits per heavy atom. The van der Waals surface area contributed by atoms with E-state index < -0.39 is 5.60 Å². The largest absolute Gasteiger partial charge is 0.386 e. The van der Waals surface area contributed by atoms with E-state index in [4.69, 9.17) is 0 Å². The van der Waals surface area contributed by atoms with Gasteiger partial charge in [-0.25, -0.2) is 0 Å². The highest BCUT2D eigenvalue weighted by molar-refractivity contribution is 5.80. The molecule has 124 valence electrons. The van der Waals surface area contributed by atoms with Gasteiger partial charge in [0.1, 0.15) is 5.78 Å². The van der Waals surface area contributed by atoms with Gasteiger partial charge in [0, 0.05) is 12.8 Å². The molecular formula is C20H32O2. The molecule has 0 heterocycles. The van der Waals surface area contributed by atoms with E-state index in [9.17, 15) is 9.90 Å². The number of carbonyl (C=O) groups excluding carboxylic acids is 1. The molecule has 0 fully saturated rings. The Hall–Kier alpha value is -1.15. The molecule has 0 aromatic carbocycles. The van der Waals surface area contributed by atoms with Crippen LogP contribution in [-0.4, -0.2) is 16.5 Å². The highest BCUT2D eigenvalue weighted by Gasteiger charge is 2.20. The molecular weight excluding hydrogens is 272 g/mol. The summed E-state index contributed by atoms with van der Waals surface area (Å²) >= 11 is 0. The van der Waals surface area contributed by atoms with E-state index >= 15 is 0 Å². The summed E-state index contributed by atoms with van der Waals surface area (Å²) in [5.41, 5.74) is 2.75. The van der Waals surface area contributed by atoms with Gasteiger partial charge in [-0.2, -0.15) is 0 Å². The molecule has 0 aromatic rings. The molecule has 0 saturated heterocycles. The molecule has 0 aliphatic heterocycles. The fraction of sp³-hybridized carbons (Fsp3) is 0.650. The van der Waals surface area contributed by atoms with Crippen molar-refractivity contribution in [2.75, 3.05) is 0 Å². The number of hydrogen-bond acceptors (Lipinski definition) is 2. The number of allylic oxidation sites excluding steroid dienone is 5. The second-order valence-corrected chi connectivity index (χ2v) is 7.42. The lowest BCUT2D eigenvalue weighted by molar-refractivity contribution is -0.119. The van der Waals surface area contributed by atoms with E-state index in [2.05, 4.69) is 39.0 Å². The van der Waals surface area contributed by atoms with Crippen LogP contribution in [-0.2, 0) is 4.79 Å². The van der Waals surface area contributed by atoms with Crippen molar-refractivity contribution in [3.8, 4) is 0 Å². The highest BCUT2D eigenvalue weighted by atomic mass is 16.3. The normalized spacial score (nSPS) is 30.4. The van der Waals surface area contributed by atoms with Crippen LogP contribution in [0.4, 0.5) is 0 Å². The van der Waals surface area contributed by atoms with Gasteiger partial charge >= 0.3 is 0 Å². The summed E-state index contributed by atoms with van der Waals surface area (Å²) in [6, 6.07) is 0. The maximum absolute atomic E-state index is 12.1. The lowest BCUT2D eigenvalue weighted by Gasteiger charge is -2.23. The van der Waals surface area contributed by atoms with E-state index in [-0.39, 0.29) is 0 Å². The van der Waals surface area contributed by atoms with Crippen molar-refractivity contribution in [1.29, 1.82) is 0 Å². The maximum Gasteiger partial charge on any atom is 0.137 e. The molecule has 1 aliphatic rings. The van der Waals surface area contributed by atoms with Crippen LogP contribution in [0.15, 0.2) is 34.9 Å². The number of carbonyl (C=O) groups is 1. The summed E-state index contributed by atoms with van der Waals surface area (Å²) in [5.74, 6) is 0.693. The van der Waals surface area contributed by atoms with Crippen LogP contribution in [0.5, 0.6) is 0 Å². The minimum Gasteiger partial charge on any atom is -0.386 e. The molecule has 0 radical (unpaired) electrons. The van der Waals surface area contributed by atoms with Crippen molar-refractivity contribution in [3.05, 3.63) is 34.9 Å². The third-order valence-electron chi connectivity index (χ3n) is 4.34. The van der Waals surface area contributed by atoms with Gasteiger partial charge in [0.2, 0.25) is 0 Å². The molecule has 1 rings (SSSR count). The number of hydrogen-bond donors (Lipinski definition) is 1. The Kier molecular flexibility index (Phi) is 7.28.